The first-order valence-electron chi connectivity index (χ1n) is 10.4. The highest BCUT2D eigenvalue weighted by Gasteiger charge is 2.64. The molecule has 154 valence electrons. The number of anilines is 1. The Morgan fingerprint density at radius 2 is 1.63 bits per heavy atom. The van der Waals surface area contributed by atoms with Crippen LogP contribution in [0.2, 0.25) is 0 Å². The zero-order valence-corrected chi connectivity index (χ0v) is 17.1. The summed E-state index contributed by atoms with van der Waals surface area (Å²) < 4.78 is 5.18. The van der Waals surface area contributed by atoms with Crippen LogP contribution in [0.15, 0.2) is 48.5 Å². The number of imide groups is 1. The van der Waals surface area contributed by atoms with Gasteiger partial charge in [-0.25, -0.2) is 4.90 Å². The quantitative estimate of drug-likeness (QED) is 0.579. The summed E-state index contributed by atoms with van der Waals surface area (Å²) in [5.74, 6) is -0.943. The molecule has 0 N–H and O–H groups in total. The summed E-state index contributed by atoms with van der Waals surface area (Å²) in [6.07, 6.45) is 1.78. The Labute approximate surface area is 175 Å². The van der Waals surface area contributed by atoms with Gasteiger partial charge in [-0.05, 0) is 50.6 Å². The number of hydrogen-bond donors (Lipinski definition) is 0. The van der Waals surface area contributed by atoms with Crippen molar-refractivity contribution in [2.24, 2.45) is 11.8 Å². The molecule has 0 bridgehead atoms. The van der Waals surface area contributed by atoms with Gasteiger partial charge in [-0.3, -0.25) is 19.3 Å². The Morgan fingerprint density at radius 3 is 2.30 bits per heavy atom. The smallest absolute Gasteiger partial charge is 0.239 e. The lowest BCUT2D eigenvalue weighted by molar-refractivity contribution is -0.123. The molecule has 3 fully saturated rings. The van der Waals surface area contributed by atoms with Crippen molar-refractivity contribution in [2.75, 3.05) is 18.6 Å². The van der Waals surface area contributed by atoms with Gasteiger partial charge in [0.2, 0.25) is 11.8 Å². The zero-order valence-electron chi connectivity index (χ0n) is 17.1. The summed E-state index contributed by atoms with van der Waals surface area (Å²) in [7, 11) is 1.57. The van der Waals surface area contributed by atoms with Gasteiger partial charge in [-0.2, -0.15) is 0 Å². The van der Waals surface area contributed by atoms with Gasteiger partial charge in [0.05, 0.1) is 30.7 Å². The van der Waals surface area contributed by atoms with E-state index in [2.05, 4.69) is 4.90 Å². The molecule has 0 spiro atoms. The van der Waals surface area contributed by atoms with E-state index in [0.717, 1.165) is 24.9 Å². The average molecular weight is 404 g/mol. The summed E-state index contributed by atoms with van der Waals surface area (Å²) in [5.41, 5.74) is 2.21. The predicted octanol–water partition coefficient (Wildman–Crippen LogP) is 2.84. The number of Topliss-reactive ketones (excluding diaryl/α,β-unsaturated/α-hetero) is 1. The standard InChI is InChI=1S/C24H24N2O4/c1-14-5-7-15(8-6-14)22(27)21-20-19(18-4-3-13-25(18)21)23(28)26(24(20)29)16-9-11-17(30-2)12-10-16/h5-12,18-21H,3-4,13H2,1-2H3/t18-,19+,20+,21+/m1/s1. The van der Waals surface area contributed by atoms with Crippen LogP contribution in [0.3, 0.4) is 0 Å². The number of hydrogen-bond acceptors (Lipinski definition) is 5. The number of ether oxygens (including phenoxy) is 1. The maximum atomic E-state index is 13.5. The van der Waals surface area contributed by atoms with Gasteiger partial charge >= 0.3 is 0 Å². The van der Waals surface area contributed by atoms with Crippen molar-refractivity contribution in [3.63, 3.8) is 0 Å². The molecular weight excluding hydrogens is 380 g/mol. The summed E-state index contributed by atoms with van der Waals surface area (Å²) >= 11 is 0. The Hall–Kier alpha value is -2.99. The van der Waals surface area contributed by atoms with Crippen LogP contribution in [0, 0.1) is 18.8 Å². The van der Waals surface area contributed by atoms with Crippen LogP contribution in [-0.4, -0.2) is 48.2 Å². The highest BCUT2D eigenvalue weighted by molar-refractivity contribution is 6.24. The number of rotatable bonds is 4. The SMILES string of the molecule is COc1ccc(N2C(=O)[C@@H]3[C@H](C2=O)[C@@H](C(=O)c2ccc(C)cc2)N2CCC[C@H]32)cc1. The first-order chi connectivity index (χ1) is 14.5. The number of methoxy groups -OCH3 is 1. The van der Waals surface area contributed by atoms with E-state index in [1.54, 1.807) is 31.4 Å². The third-order valence-electron chi connectivity index (χ3n) is 6.79. The van der Waals surface area contributed by atoms with E-state index in [0.29, 0.717) is 17.0 Å². The minimum atomic E-state index is -0.626. The van der Waals surface area contributed by atoms with Crippen LogP contribution in [0.25, 0.3) is 0 Å². The Morgan fingerprint density at radius 1 is 0.967 bits per heavy atom. The molecule has 2 amide bonds. The van der Waals surface area contributed by atoms with E-state index < -0.39 is 17.9 Å². The molecule has 6 heteroatoms. The van der Waals surface area contributed by atoms with Crippen LogP contribution in [0.4, 0.5) is 5.69 Å². The summed E-state index contributed by atoms with van der Waals surface area (Å²) in [6.45, 7) is 2.73. The number of carbonyl (C=O) groups excluding carboxylic acids is 3. The number of aryl methyl sites for hydroxylation is 1. The number of nitrogens with zero attached hydrogens (tertiary/aromatic N) is 2. The molecule has 0 saturated carbocycles. The number of carbonyl (C=O) groups is 3. The Balaban J connectivity index is 1.52. The molecule has 0 radical (unpaired) electrons. The van der Waals surface area contributed by atoms with Crippen molar-refractivity contribution in [1.29, 1.82) is 0 Å². The van der Waals surface area contributed by atoms with Crippen molar-refractivity contribution in [3.05, 3.63) is 59.7 Å². The van der Waals surface area contributed by atoms with Crippen LogP contribution < -0.4 is 9.64 Å². The van der Waals surface area contributed by atoms with E-state index >= 15 is 0 Å². The van der Waals surface area contributed by atoms with Crippen molar-refractivity contribution in [2.45, 2.75) is 31.8 Å². The minimum absolute atomic E-state index is 0.0471. The normalized spacial score (nSPS) is 28.0. The molecule has 6 nitrogen and oxygen atoms in total. The number of amides is 2. The van der Waals surface area contributed by atoms with Crippen LogP contribution in [0.5, 0.6) is 5.75 Å². The topological polar surface area (TPSA) is 66.9 Å². The third kappa shape index (κ3) is 2.70. The minimum Gasteiger partial charge on any atom is -0.497 e. The molecule has 3 heterocycles. The van der Waals surface area contributed by atoms with E-state index in [1.807, 2.05) is 31.2 Å². The maximum absolute atomic E-state index is 13.5. The second kappa shape index (κ2) is 7.06. The lowest BCUT2D eigenvalue weighted by Crippen LogP contribution is -2.46. The second-order valence-corrected chi connectivity index (χ2v) is 8.38. The molecule has 3 aliphatic heterocycles. The predicted molar refractivity (Wildman–Crippen MR) is 111 cm³/mol. The average Bonchev–Trinajstić information content (AvgIpc) is 3.40. The van der Waals surface area contributed by atoms with Crippen LogP contribution in [0.1, 0.15) is 28.8 Å². The highest BCUT2D eigenvalue weighted by Crippen LogP contribution is 2.48. The van der Waals surface area contributed by atoms with E-state index in [1.165, 1.54) is 4.90 Å². The third-order valence-corrected chi connectivity index (χ3v) is 6.79. The fraction of sp³-hybridized carbons (Fsp3) is 0.375. The fourth-order valence-corrected chi connectivity index (χ4v) is 5.39. The van der Waals surface area contributed by atoms with Crippen molar-refractivity contribution in [3.8, 4) is 5.75 Å². The zero-order chi connectivity index (χ0) is 21.0. The molecular formula is C24H24N2O4. The summed E-state index contributed by atoms with van der Waals surface area (Å²) in [6, 6.07) is 13.7. The molecule has 3 saturated heterocycles. The van der Waals surface area contributed by atoms with Crippen LogP contribution >= 0.6 is 0 Å². The Kier molecular flexibility index (Phi) is 4.47. The van der Waals surface area contributed by atoms with Gasteiger partial charge in [-0.1, -0.05) is 29.8 Å². The first kappa shape index (κ1) is 19.0. The van der Waals surface area contributed by atoms with Gasteiger partial charge < -0.3 is 4.74 Å². The Bertz CT molecular complexity index is 1010. The number of fused-ring (bicyclic) bond motifs is 3. The van der Waals surface area contributed by atoms with Crippen molar-refractivity contribution < 1.29 is 19.1 Å². The molecule has 4 atom stereocenters. The first-order valence-corrected chi connectivity index (χ1v) is 10.4. The lowest BCUT2D eigenvalue weighted by Gasteiger charge is -2.27. The molecule has 2 aromatic carbocycles. The van der Waals surface area contributed by atoms with Crippen molar-refractivity contribution in [1.82, 2.24) is 4.90 Å². The van der Waals surface area contributed by atoms with Gasteiger partial charge in [0.1, 0.15) is 5.75 Å². The van der Waals surface area contributed by atoms with Gasteiger partial charge in [0, 0.05) is 11.6 Å². The van der Waals surface area contributed by atoms with E-state index in [4.69, 9.17) is 4.74 Å². The van der Waals surface area contributed by atoms with Gasteiger partial charge in [0.25, 0.3) is 0 Å². The number of benzene rings is 2. The molecule has 5 rings (SSSR count). The lowest BCUT2D eigenvalue weighted by atomic mass is 9.85. The number of ketones is 1. The monoisotopic (exact) mass is 404 g/mol. The van der Waals surface area contributed by atoms with E-state index in [-0.39, 0.29) is 23.6 Å². The highest BCUT2D eigenvalue weighted by atomic mass is 16.5. The largest absolute Gasteiger partial charge is 0.497 e. The maximum Gasteiger partial charge on any atom is 0.239 e. The second-order valence-electron chi connectivity index (χ2n) is 8.38. The summed E-state index contributed by atoms with van der Waals surface area (Å²) in [5, 5.41) is 0. The summed E-state index contributed by atoms with van der Waals surface area (Å²) in [4.78, 5) is 43.7. The van der Waals surface area contributed by atoms with Gasteiger partial charge in [-0.15, -0.1) is 0 Å². The molecule has 0 unspecified atom stereocenters. The van der Waals surface area contributed by atoms with Crippen LogP contribution in [-0.2, 0) is 9.59 Å². The van der Waals surface area contributed by atoms with Gasteiger partial charge in [0.15, 0.2) is 5.78 Å². The fourth-order valence-electron chi connectivity index (χ4n) is 5.39. The van der Waals surface area contributed by atoms with Crippen molar-refractivity contribution >= 4 is 23.3 Å². The molecule has 0 aliphatic carbocycles. The molecule has 3 aliphatic rings. The molecule has 0 aromatic heterocycles. The molecule has 2 aromatic rings. The van der Waals surface area contributed by atoms with E-state index in [9.17, 15) is 14.4 Å². The molecule has 30 heavy (non-hydrogen) atoms.